The van der Waals surface area contributed by atoms with Crippen molar-refractivity contribution in [3.05, 3.63) is 27.0 Å². The fourth-order valence-corrected chi connectivity index (χ4v) is 5.44. The van der Waals surface area contributed by atoms with Crippen molar-refractivity contribution in [2.45, 2.75) is 24.5 Å². The molecule has 4 N–H and O–H groups in total. The number of aliphatic hydroxyl groups is 3. The van der Waals surface area contributed by atoms with Crippen molar-refractivity contribution >= 4 is 11.3 Å². The van der Waals surface area contributed by atoms with Crippen molar-refractivity contribution in [1.82, 2.24) is 9.55 Å². The second-order valence-electron chi connectivity index (χ2n) is 4.18. The maximum absolute atomic E-state index is 11.7. The molecule has 0 spiro atoms. The Morgan fingerprint density at radius 3 is 2.63 bits per heavy atom. The van der Waals surface area contributed by atoms with Gasteiger partial charge < -0.3 is 0 Å². The van der Waals surface area contributed by atoms with E-state index in [2.05, 4.69) is 4.98 Å². The van der Waals surface area contributed by atoms with Crippen molar-refractivity contribution in [2.75, 3.05) is 6.61 Å². The SMILES string of the molecule is O=c1[nH]c(=O)n([C@@H]2O[C@H](CO)[C@@H](O)[C@@H]2O)c[c]1[Hg][Cl]. The van der Waals surface area contributed by atoms with Gasteiger partial charge in [0.2, 0.25) is 0 Å². The summed E-state index contributed by atoms with van der Waals surface area (Å²) in [4.78, 5) is 25.2. The zero-order valence-corrected chi connectivity index (χ0v) is 15.9. The number of rotatable bonds is 3. The molecule has 1 aromatic rings. The van der Waals surface area contributed by atoms with Gasteiger partial charge in [0.15, 0.2) is 0 Å². The molecule has 4 atom stereocenters. The molecule has 1 aliphatic rings. The summed E-state index contributed by atoms with van der Waals surface area (Å²) in [6, 6.07) is 0. The predicted octanol–water partition coefficient (Wildman–Crippen LogP) is -2.99. The van der Waals surface area contributed by atoms with Crippen LogP contribution in [0.3, 0.4) is 0 Å². The molecular weight excluding hydrogens is 468 g/mol. The number of aliphatic hydroxyl groups excluding tert-OH is 3. The molecule has 1 aromatic heterocycles. The van der Waals surface area contributed by atoms with Crippen molar-refractivity contribution in [3.8, 4) is 0 Å². The molecule has 10 heteroatoms. The number of ether oxygens (including phenoxy) is 1. The van der Waals surface area contributed by atoms with E-state index in [0.29, 0.717) is 3.07 Å². The number of aromatic nitrogens is 2. The summed E-state index contributed by atoms with van der Waals surface area (Å²) < 4.78 is 6.55. The monoisotopic (exact) mass is 480 g/mol. The summed E-state index contributed by atoms with van der Waals surface area (Å²) in [6.07, 6.45) is -3.57. The second kappa shape index (κ2) is 6.02. The Morgan fingerprint density at radius 2 is 2.11 bits per heavy atom. The van der Waals surface area contributed by atoms with E-state index in [0.717, 1.165) is 4.57 Å². The van der Waals surface area contributed by atoms with Gasteiger partial charge in [-0.25, -0.2) is 0 Å². The number of hydrogen-bond donors (Lipinski definition) is 4. The Hall–Kier alpha value is -0.255. The van der Waals surface area contributed by atoms with Gasteiger partial charge in [-0.05, 0) is 0 Å². The normalized spacial score (nSPS) is 30.3. The van der Waals surface area contributed by atoms with Crippen LogP contribution in [0, 0.1) is 0 Å². The predicted molar refractivity (Wildman–Crippen MR) is 59.8 cm³/mol. The molecule has 2 rings (SSSR count). The molecule has 0 aromatic carbocycles. The van der Waals surface area contributed by atoms with Crippen molar-refractivity contribution in [3.63, 3.8) is 0 Å². The van der Waals surface area contributed by atoms with Gasteiger partial charge in [0.05, 0.1) is 0 Å². The van der Waals surface area contributed by atoms with Gasteiger partial charge in [0.1, 0.15) is 0 Å². The number of nitrogens with one attached hydrogen (secondary N) is 1. The van der Waals surface area contributed by atoms with E-state index in [1.54, 1.807) is 0 Å². The van der Waals surface area contributed by atoms with Crippen molar-refractivity contribution < 1.29 is 43.4 Å². The summed E-state index contributed by atoms with van der Waals surface area (Å²) in [7, 11) is 5.78. The Labute approximate surface area is 122 Å². The van der Waals surface area contributed by atoms with Crippen LogP contribution in [0.1, 0.15) is 6.23 Å². The molecule has 19 heavy (non-hydrogen) atoms. The molecule has 0 aliphatic carbocycles. The minimum absolute atomic E-state index is 0.346. The standard InChI is InChI=1S/C9H11N2O6.ClH.Hg/c12-3-4-6(14)7(15)8(17-4)11-2-1-5(13)10-9(11)16;;/h2,4,6-8,12,14-15H,3H2,(H,10,13,16);1H;/q;;+1/p-1/t4-,6-,7+,8-;;/m1../s1. The summed E-state index contributed by atoms with van der Waals surface area (Å²) in [5.74, 6) is 0. The first-order valence-electron chi connectivity index (χ1n) is 5.52. The van der Waals surface area contributed by atoms with Crippen LogP contribution >= 0.6 is 8.25 Å². The molecule has 102 valence electrons. The zero-order valence-electron chi connectivity index (χ0n) is 9.69. The number of halogens is 1. The third-order valence-electron chi connectivity index (χ3n) is 2.98. The average molecular weight is 479 g/mol. The third kappa shape index (κ3) is 2.78. The molecule has 1 saturated heterocycles. The number of hydrogen-bond acceptors (Lipinski definition) is 6. The van der Waals surface area contributed by atoms with Crippen molar-refractivity contribution in [2.24, 2.45) is 0 Å². The van der Waals surface area contributed by atoms with Gasteiger partial charge in [0.25, 0.3) is 0 Å². The van der Waals surface area contributed by atoms with Gasteiger partial charge in [-0.2, -0.15) is 0 Å². The summed E-state index contributed by atoms with van der Waals surface area (Å²) >= 11 is -2.06. The van der Waals surface area contributed by atoms with E-state index in [4.69, 9.17) is 18.1 Å². The number of H-pyrrole nitrogens is 1. The van der Waals surface area contributed by atoms with E-state index in [1.807, 2.05) is 0 Å². The Kier molecular flexibility index (Phi) is 4.80. The molecular formula is C9H11ClHgN2O6. The third-order valence-corrected chi connectivity index (χ3v) is 8.58. The molecule has 8 nitrogen and oxygen atoms in total. The summed E-state index contributed by atoms with van der Waals surface area (Å²) in [5, 5.41) is 28.4. The van der Waals surface area contributed by atoms with Crippen LogP contribution in [0.5, 0.6) is 0 Å². The van der Waals surface area contributed by atoms with Crippen LogP contribution < -0.4 is 14.3 Å². The van der Waals surface area contributed by atoms with Crippen LogP contribution in [0.4, 0.5) is 0 Å². The molecule has 0 saturated carbocycles. The van der Waals surface area contributed by atoms with Gasteiger partial charge in [-0.15, -0.1) is 0 Å². The van der Waals surface area contributed by atoms with E-state index in [9.17, 15) is 19.8 Å². The van der Waals surface area contributed by atoms with Crippen LogP contribution in [0.25, 0.3) is 0 Å². The Bertz CT molecular complexity index is 575. The van der Waals surface area contributed by atoms with E-state index < -0.39 is 65.7 Å². The fraction of sp³-hybridized carbons (Fsp3) is 0.556. The number of aromatic amines is 1. The van der Waals surface area contributed by atoms with Crippen LogP contribution in [0.15, 0.2) is 15.8 Å². The Morgan fingerprint density at radius 1 is 1.42 bits per heavy atom. The number of nitrogens with zero attached hydrogens (tertiary/aromatic N) is 1. The molecule has 0 bridgehead atoms. The maximum atomic E-state index is 11.7. The van der Waals surface area contributed by atoms with E-state index in [-0.39, 0.29) is 0 Å². The summed E-state index contributed by atoms with van der Waals surface area (Å²) in [6.45, 7) is -0.491. The second-order valence-corrected chi connectivity index (χ2v) is 10.5. The topological polar surface area (TPSA) is 125 Å². The zero-order chi connectivity index (χ0) is 14.2. The van der Waals surface area contributed by atoms with Gasteiger partial charge in [0, 0.05) is 0 Å². The van der Waals surface area contributed by atoms with E-state index >= 15 is 0 Å². The molecule has 1 aliphatic heterocycles. The first-order valence-corrected chi connectivity index (χ1v) is 15.0. The first kappa shape index (κ1) is 15.1. The minimum atomic E-state index is -2.06. The molecule has 0 amide bonds. The van der Waals surface area contributed by atoms with Gasteiger partial charge in [-0.3, -0.25) is 0 Å². The van der Waals surface area contributed by atoms with E-state index in [1.165, 1.54) is 6.20 Å². The quantitative estimate of drug-likeness (QED) is 0.343. The van der Waals surface area contributed by atoms with Crippen LogP contribution in [-0.4, -0.2) is 49.8 Å². The molecule has 2 heterocycles. The van der Waals surface area contributed by atoms with Gasteiger partial charge in [-0.1, -0.05) is 0 Å². The van der Waals surface area contributed by atoms with Crippen LogP contribution in [-0.2, 0) is 28.1 Å². The molecule has 0 unspecified atom stereocenters. The average Bonchev–Trinajstić information content (AvgIpc) is 2.67. The van der Waals surface area contributed by atoms with Crippen molar-refractivity contribution in [1.29, 1.82) is 0 Å². The first-order chi connectivity index (χ1) is 8.99. The Balaban J connectivity index is 2.43. The summed E-state index contributed by atoms with van der Waals surface area (Å²) in [5.41, 5.74) is -1.29. The molecule has 0 radical (unpaired) electrons. The van der Waals surface area contributed by atoms with Gasteiger partial charge >= 0.3 is 122 Å². The fourth-order valence-electron chi connectivity index (χ4n) is 1.92. The van der Waals surface area contributed by atoms with Crippen LogP contribution in [0.2, 0.25) is 0 Å². The molecule has 1 fully saturated rings.